The lowest BCUT2D eigenvalue weighted by Gasteiger charge is -2.08. The maximum atomic E-state index is 12.1. The van der Waals surface area contributed by atoms with Gasteiger partial charge in [-0.05, 0) is 53.2 Å². The normalized spacial score (nSPS) is 10.0. The third-order valence-corrected chi connectivity index (χ3v) is 3.41. The second kappa shape index (κ2) is 7.08. The summed E-state index contributed by atoms with van der Waals surface area (Å²) < 4.78 is 5.92. The van der Waals surface area contributed by atoms with E-state index in [-0.39, 0.29) is 5.91 Å². The van der Waals surface area contributed by atoms with Gasteiger partial charge in [-0.3, -0.25) is 4.79 Å². The lowest BCUT2D eigenvalue weighted by Crippen LogP contribution is -2.13. The zero-order valence-electron chi connectivity index (χ0n) is 11.8. The number of amides is 1. The molecule has 0 spiro atoms. The van der Waals surface area contributed by atoms with Crippen LogP contribution in [0.2, 0.25) is 0 Å². The van der Waals surface area contributed by atoms with Gasteiger partial charge in [0.2, 0.25) is 0 Å². The van der Waals surface area contributed by atoms with E-state index in [0.717, 1.165) is 16.7 Å². The first-order valence-corrected chi connectivity index (χ1v) is 7.28. The zero-order valence-corrected chi connectivity index (χ0v) is 13.4. The summed E-state index contributed by atoms with van der Waals surface area (Å²) >= 11 is 3.38. The summed E-state index contributed by atoms with van der Waals surface area (Å²) in [7, 11) is 1.59. The molecule has 21 heavy (non-hydrogen) atoms. The lowest BCUT2D eigenvalue weighted by atomic mass is 10.2. The van der Waals surface area contributed by atoms with Crippen molar-refractivity contribution in [2.24, 2.45) is 0 Å². The predicted octanol–water partition coefficient (Wildman–Crippen LogP) is 3.54. The van der Waals surface area contributed by atoms with Crippen molar-refractivity contribution in [1.82, 2.24) is 4.98 Å². The molecule has 0 saturated heterocycles. The van der Waals surface area contributed by atoms with Crippen molar-refractivity contribution < 1.29 is 9.53 Å². The molecule has 0 atom stereocenters. The number of carbonyl (C=O) groups excluding carboxylic acids is 1. The molecular formula is C15H16BrN3O2. The Bertz CT molecular complexity index is 629. The van der Waals surface area contributed by atoms with Crippen molar-refractivity contribution in [1.29, 1.82) is 0 Å². The fourth-order valence-electron chi connectivity index (χ4n) is 1.78. The van der Waals surface area contributed by atoms with Crippen LogP contribution in [0.4, 0.5) is 11.4 Å². The number of hydrogen-bond donors (Lipinski definition) is 2. The topological polar surface area (TPSA) is 63.2 Å². The van der Waals surface area contributed by atoms with Gasteiger partial charge in [-0.15, -0.1) is 0 Å². The van der Waals surface area contributed by atoms with Crippen molar-refractivity contribution in [3.05, 3.63) is 46.7 Å². The van der Waals surface area contributed by atoms with Gasteiger partial charge in [-0.2, -0.15) is 0 Å². The summed E-state index contributed by atoms with van der Waals surface area (Å²) in [6, 6.07) is 8.85. The molecule has 0 aliphatic rings. The number of ether oxygens (including phenoxy) is 1. The largest absolute Gasteiger partial charge is 0.496 e. The molecular weight excluding hydrogens is 334 g/mol. The molecule has 1 amide bonds. The number of halogens is 1. The average Bonchev–Trinajstić information content (AvgIpc) is 2.48. The summed E-state index contributed by atoms with van der Waals surface area (Å²) in [6.07, 6.45) is 1.64. The highest BCUT2D eigenvalue weighted by atomic mass is 79.9. The number of nitrogens with one attached hydrogen (secondary N) is 2. The lowest BCUT2D eigenvalue weighted by molar-refractivity contribution is 0.102. The second-order valence-corrected chi connectivity index (χ2v) is 5.12. The number of benzene rings is 1. The minimum absolute atomic E-state index is 0.255. The molecule has 0 aliphatic heterocycles. The van der Waals surface area contributed by atoms with E-state index >= 15 is 0 Å². The molecule has 2 aromatic rings. The maximum absolute atomic E-state index is 12.1. The van der Waals surface area contributed by atoms with Crippen LogP contribution in [0.3, 0.4) is 0 Å². The van der Waals surface area contributed by atoms with Crippen LogP contribution >= 0.6 is 15.9 Å². The van der Waals surface area contributed by atoms with Crippen molar-refractivity contribution in [3.8, 4) is 5.75 Å². The van der Waals surface area contributed by atoms with Crippen LogP contribution in [0.15, 0.2) is 41.0 Å². The highest BCUT2D eigenvalue weighted by Gasteiger charge is 2.09. The Morgan fingerprint density at radius 1 is 1.29 bits per heavy atom. The highest BCUT2D eigenvalue weighted by Crippen LogP contribution is 2.27. The van der Waals surface area contributed by atoms with Crippen molar-refractivity contribution in [2.75, 3.05) is 24.3 Å². The van der Waals surface area contributed by atoms with E-state index in [1.54, 1.807) is 37.6 Å². The number of anilines is 2. The summed E-state index contributed by atoms with van der Waals surface area (Å²) in [5.41, 5.74) is 1.93. The molecule has 1 aromatic heterocycles. The Labute approximate surface area is 131 Å². The number of rotatable bonds is 5. The standard InChI is InChI=1S/C15H16BrN3O2/c1-3-17-11-4-6-13(18-9-11)15(20)19-10-5-7-14(21-2)12(16)8-10/h4-9,17H,3H2,1-2H3,(H,19,20). The van der Waals surface area contributed by atoms with Crippen LogP contribution in [0.1, 0.15) is 17.4 Å². The van der Waals surface area contributed by atoms with E-state index in [9.17, 15) is 4.79 Å². The van der Waals surface area contributed by atoms with Gasteiger partial charge in [0.1, 0.15) is 11.4 Å². The van der Waals surface area contributed by atoms with Crippen LogP contribution in [-0.4, -0.2) is 24.5 Å². The minimum atomic E-state index is -0.255. The van der Waals surface area contributed by atoms with E-state index in [1.165, 1.54) is 0 Å². The van der Waals surface area contributed by atoms with E-state index in [1.807, 2.05) is 13.0 Å². The summed E-state index contributed by atoms with van der Waals surface area (Å²) in [5.74, 6) is 0.455. The number of nitrogens with zero attached hydrogens (tertiary/aromatic N) is 1. The maximum Gasteiger partial charge on any atom is 0.274 e. The molecule has 5 nitrogen and oxygen atoms in total. The summed E-state index contributed by atoms with van der Waals surface area (Å²) in [5, 5.41) is 5.92. The van der Waals surface area contributed by atoms with Crippen LogP contribution in [0.5, 0.6) is 5.75 Å². The van der Waals surface area contributed by atoms with Gasteiger partial charge in [0, 0.05) is 12.2 Å². The molecule has 6 heteroatoms. The van der Waals surface area contributed by atoms with Crippen LogP contribution < -0.4 is 15.4 Å². The van der Waals surface area contributed by atoms with E-state index in [2.05, 4.69) is 31.5 Å². The third kappa shape index (κ3) is 3.95. The second-order valence-electron chi connectivity index (χ2n) is 4.27. The fraction of sp³-hybridized carbons (Fsp3) is 0.200. The Morgan fingerprint density at radius 2 is 2.05 bits per heavy atom. The number of pyridine rings is 1. The Hall–Kier alpha value is -2.08. The van der Waals surface area contributed by atoms with Gasteiger partial charge in [0.15, 0.2) is 0 Å². The average molecular weight is 350 g/mol. The smallest absolute Gasteiger partial charge is 0.274 e. The molecule has 1 heterocycles. The fourth-order valence-corrected chi connectivity index (χ4v) is 2.32. The van der Waals surface area contributed by atoms with Crippen LogP contribution in [0.25, 0.3) is 0 Å². The van der Waals surface area contributed by atoms with Gasteiger partial charge < -0.3 is 15.4 Å². The monoisotopic (exact) mass is 349 g/mol. The third-order valence-electron chi connectivity index (χ3n) is 2.79. The Morgan fingerprint density at radius 3 is 2.62 bits per heavy atom. The molecule has 0 aliphatic carbocycles. The number of hydrogen-bond acceptors (Lipinski definition) is 4. The van der Waals surface area contributed by atoms with Crippen molar-refractivity contribution >= 4 is 33.2 Å². The summed E-state index contributed by atoms with van der Waals surface area (Å²) in [4.78, 5) is 16.2. The molecule has 0 saturated carbocycles. The van der Waals surface area contributed by atoms with Gasteiger partial charge >= 0.3 is 0 Å². The number of methoxy groups -OCH3 is 1. The van der Waals surface area contributed by atoms with E-state index < -0.39 is 0 Å². The molecule has 0 bridgehead atoms. The molecule has 0 radical (unpaired) electrons. The SMILES string of the molecule is CCNc1ccc(C(=O)Nc2ccc(OC)c(Br)c2)nc1. The first-order valence-electron chi connectivity index (χ1n) is 6.49. The van der Waals surface area contributed by atoms with Gasteiger partial charge in [-0.25, -0.2) is 4.98 Å². The first kappa shape index (κ1) is 15.3. The molecule has 1 aromatic carbocycles. The molecule has 0 unspecified atom stereocenters. The number of aromatic nitrogens is 1. The van der Waals surface area contributed by atoms with Crippen LogP contribution in [-0.2, 0) is 0 Å². The van der Waals surface area contributed by atoms with E-state index in [4.69, 9.17) is 4.74 Å². The minimum Gasteiger partial charge on any atom is -0.496 e. The van der Waals surface area contributed by atoms with Crippen molar-refractivity contribution in [2.45, 2.75) is 6.92 Å². The molecule has 0 fully saturated rings. The molecule has 2 rings (SSSR count). The predicted molar refractivity (Wildman–Crippen MR) is 87.0 cm³/mol. The van der Waals surface area contributed by atoms with Crippen LogP contribution in [0, 0.1) is 0 Å². The van der Waals surface area contributed by atoms with E-state index in [0.29, 0.717) is 17.1 Å². The Balaban J connectivity index is 2.08. The summed E-state index contributed by atoms with van der Waals surface area (Å²) in [6.45, 7) is 2.81. The number of carbonyl (C=O) groups is 1. The van der Waals surface area contributed by atoms with Gasteiger partial charge in [-0.1, -0.05) is 0 Å². The van der Waals surface area contributed by atoms with Gasteiger partial charge in [0.25, 0.3) is 5.91 Å². The van der Waals surface area contributed by atoms with Gasteiger partial charge in [0.05, 0.1) is 23.5 Å². The molecule has 110 valence electrons. The highest BCUT2D eigenvalue weighted by molar-refractivity contribution is 9.10. The first-order chi connectivity index (χ1) is 10.1. The quantitative estimate of drug-likeness (QED) is 0.866. The zero-order chi connectivity index (χ0) is 15.2. The van der Waals surface area contributed by atoms with Crippen molar-refractivity contribution in [3.63, 3.8) is 0 Å². The molecule has 2 N–H and O–H groups in total. The Kier molecular flexibility index (Phi) is 5.16.